The zero-order valence-electron chi connectivity index (χ0n) is 11.8. The number of ether oxygens (including phenoxy) is 2. The molecule has 0 bridgehead atoms. The first-order valence-electron chi connectivity index (χ1n) is 7.58. The monoisotopic (exact) mass is 349 g/mol. The summed E-state index contributed by atoms with van der Waals surface area (Å²) in [7, 11) is 0. The van der Waals surface area contributed by atoms with E-state index in [1.807, 2.05) is 16.9 Å². The molecule has 4 nitrogen and oxygen atoms in total. The number of fused-ring (bicyclic) bond motifs is 1. The summed E-state index contributed by atoms with van der Waals surface area (Å²) >= 11 is 3.59. The van der Waals surface area contributed by atoms with Crippen molar-refractivity contribution in [2.45, 2.75) is 44.4 Å². The number of nitrogens with zero attached hydrogens (tertiary/aromatic N) is 2. The van der Waals surface area contributed by atoms with E-state index < -0.39 is 0 Å². The minimum Gasteiger partial charge on any atom is -0.490 e. The van der Waals surface area contributed by atoms with Crippen LogP contribution in [0, 0.1) is 6.42 Å². The van der Waals surface area contributed by atoms with E-state index in [1.165, 1.54) is 6.42 Å². The molecule has 1 aliphatic heterocycles. The fourth-order valence-electron chi connectivity index (χ4n) is 2.90. The zero-order chi connectivity index (χ0) is 14.2. The van der Waals surface area contributed by atoms with Gasteiger partial charge >= 0.3 is 0 Å². The normalized spacial score (nSPS) is 23.2. The lowest BCUT2D eigenvalue weighted by atomic mass is 9.96. The van der Waals surface area contributed by atoms with Crippen molar-refractivity contribution in [3.63, 3.8) is 0 Å². The summed E-state index contributed by atoms with van der Waals surface area (Å²) in [5, 5.41) is 5.62. The van der Waals surface area contributed by atoms with E-state index in [4.69, 9.17) is 9.47 Å². The van der Waals surface area contributed by atoms with Gasteiger partial charge in [0.2, 0.25) is 0 Å². The maximum Gasteiger partial charge on any atom is 0.150 e. The second kappa shape index (κ2) is 5.61. The fourth-order valence-corrected chi connectivity index (χ4v) is 3.33. The minimum absolute atomic E-state index is 0.0513. The number of hydrogen-bond acceptors (Lipinski definition) is 3. The van der Waals surface area contributed by atoms with Crippen LogP contribution in [-0.2, 0) is 4.74 Å². The fraction of sp³-hybridized carbons (Fsp3) is 0.500. The van der Waals surface area contributed by atoms with E-state index in [2.05, 4.69) is 33.5 Å². The predicted molar refractivity (Wildman–Crippen MR) is 84.2 cm³/mol. The lowest BCUT2D eigenvalue weighted by Crippen LogP contribution is -2.25. The number of benzene rings is 1. The van der Waals surface area contributed by atoms with Gasteiger partial charge in [0, 0.05) is 11.1 Å². The molecule has 1 aliphatic carbocycles. The Hall–Kier alpha value is -1.07. The van der Waals surface area contributed by atoms with Crippen LogP contribution >= 0.6 is 15.9 Å². The summed E-state index contributed by atoms with van der Waals surface area (Å²) in [5.74, 6) is 0.916. The number of aromatic nitrogens is 2. The summed E-state index contributed by atoms with van der Waals surface area (Å²) in [6, 6.07) is 4.13. The number of hydrogen-bond donors (Lipinski definition) is 0. The van der Waals surface area contributed by atoms with E-state index in [-0.39, 0.29) is 6.23 Å². The van der Waals surface area contributed by atoms with Crippen molar-refractivity contribution < 1.29 is 9.47 Å². The molecule has 2 aliphatic rings. The molecule has 2 heterocycles. The Bertz CT molecular complexity index is 645. The molecule has 1 saturated heterocycles. The molecule has 5 heteroatoms. The molecule has 1 radical (unpaired) electrons. The third kappa shape index (κ3) is 2.57. The molecule has 1 unspecified atom stereocenters. The van der Waals surface area contributed by atoms with Gasteiger partial charge in [0.15, 0.2) is 6.23 Å². The summed E-state index contributed by atoms with van der Waals surface area (Å²) < 4.78 is 15.0. The van der Waals surface area contributed by atoms with Crippen LogP contribution in [-0.4, -0.2) is 22.5 Å². The molecule has 0 N–H and O–H groups in total. The SMILES string of the molecule is Brc1cc(OC2C[CH]C2)c2cnn(C3CCCCO3)c2c1. The summed E-state index contributed by atoms with van der Waals surface area (Å²) in [6.45, 7) is 0.821. The van der Waals surface area contributed by atoms with Gasteiger partial charge in [-0.15, -0.1) is 0 Å². The summed E-state index contributed by atoms with van der Waals surface area (Å²) in [4.78, 5) is 0. The number of halogens is 1. The minimum atomic E-state index is 0.0513. The van der Waals surface area contributed by atoms with E-state index in [0.29, 0.717) is 6.10 Å². The van der Waals surface area contributed by atoms with Crippen molar-refractivity contribution in [2.75, 3.05) is 6.61 Å². The van der Waals surface area contributed by atoms with Gasteiger partial charge < -0.3 is 9.47 Å². The van der Waals surface area contributed by atoms with Crippen molar-refractivity contribution >= 4 is 26.8 Å². The van der Waals surface area contributed by atoms with Gasteiger partial charge in [-0.2, -0.15) is 5.10 Å². The van der Waals surface area contributed by atoms with Crippen molar-refractivity contribution in [3.8, 4) is 5.75 Å². The van der Waals surface area contributed by atoms with Crippen LogP contribution in [0.5, 0.6) is 5.75 Å². The molecular weight excluding hydrogens is 332 g/mol. The largest absolute Gasteiger partial charge is 0.490 e. The maximum absolute atomic E-state index is 6.09. The summed E-state index contributed by atoms with van der Waals surface area (Å²) in [5.41, 5.74) is 1.08. The van der Waals surface area contributed by atoms with Gasteiger partial charge in [0.1, 0.15) is 5.75 Å². The molecule has 1 atom stereocenters. The Morgan fingerprint density at radius 2 is 2.19 bits per heavy atom. The molecular formula is C16H18BrN2O2. The molecule has 4 rings (SSSR count). The Balaban J connectivity index is 1.72. The topological polar surface area (TPSA) is 36.3 Å². The second-order valence-electron chi connectivity index (χ2n) is 5.75. The smallest absolute Gasteiger partial charge is 0.150 e. The van der Waals surface area contributed by atoms with Crippen LogP contribution in [0.1, 0.15) is 38.3 Å². The molecule has 21 heavy (non-hydrogen) atoms. The maximum atomic E-state index is 6.09. The van der Waals surface area contributed by atoms with Crippen molar-refractivity contribution in [3.05, 3.63) is 29.2 Å². The quantitative estimate of drug-likeness (QED) is 0.831. The second-order valence-corrected chi connectivity index (χ2v) is 6.66. The Morgan fingerprint density at radius 1 is 1.29 bits per heavy atom. The van der Waals surface area contributed by atoms with Crippen molar-refractivity contribution in [1.29, 1.82) is 0 Å². The average molecular weight is 350 g/mol. The Labute approximate surface area is 132 Å². The number of rotatable bonds is 3. The summed E-state index contributed by atoms with van der Waals surface area (Å²) in [6.07, 6.45) is 9.95. The first kappa shape index (κ1) is 13.6. The van der Waals surface area contributed by atoms with Crippen LogP contribution in [0.4, 0.5) is 0 Å². The molecule has 0 spiro atoms. The highest BCUT2D eigenvalue weighted by molar-refractivity contribution is 9.10. The predicted octanol–water partition coefficient (Wildman–Crippen LogP) is 4.24. The van der Waals surface area contributed by atoms with Crippen LogP contribution in [0.2, 0.25) is 0 Å². The van der Waals surface area contributed by atoms with Gasteiger partial charge in [-0.05, 0) is 50.7 Å². The molecule has 111 valence electrons. The third-order valence-corrected chi connectivity index (χ3v) is 4.68. The highest BCUT2D eigenvalue weighted by atomic mass is 79.9. The molecule has 1 aromatic carbocycles. The lowest BCUT2D eigenvalue weighted by molar-refractivity contribution is -0.0366. The lowest BCUT2D eigenvalue weighted by Gasteiger charge is -2.27. The van der Waals surface area contributed by atoms with Crippen molar-refractivity contribution in [1.82, 2.24) is 9.78 Å². The highest BCUT2D eigenvalue weighted by Gasteiger charge is 2.23. The molecule has 2 fully saturated rings. The van der Waals surface area contributed by atoms with E-state index in [1.54, 1.807) is 0 Å². The molecule has 1 aromatic heterocycles. The zero-order valence-corrected chi connectivity index (χ0v) is 13.4. The van der Waals surface area contributed by atoms with Gasteiger partial charge in [-0.25, -0.2) is 4.68 Å². The van der Waals surface area contributed by atoms with Crippen LogP contribution in [0.25, 0.3) is 10.9 Å². The highest BCUT2D eigenvalue weighted by Crippen LogP contribution is 2.35. The van der Waals surface area contributed by atoms with Gasteiger partial charge in [-0.1, -0.05) is 15.9 Å². The van der Waals surface area contributed by atoms with Gasteiger partial charge in [0.05, 0.1) is 23.2 Å². The third-order valence-electron chi connectivity index (χ3n) is 4.22. The van der Waals surface area contributed by atoms with Crippen LogP contribution < -0.4 is 4.74 Å². The van der Waals surface area contributed by atoms with Crippen LogP contribution in [0.3, 0.4) is 0 Å². The first-order chi connectivity index (χ1) is 10.3. The average Bonchev–Trinajstić information content (AvgIpc) is 2.87. The van der Waals surface area contributed by atoms with Crippen LogP contribution in [0.15, 0.2) is 22.8 Å². The van der Waals surface area contributed by atoms with E-state index in [9.17, 15) is 0 Å². The van der Waals surface area contributed by atoms with E-state index >= 15 is 0 Å². The van der Waals surface area contributed by atoms with Crippen molar-refractivity contribution in [2.24, 2.45) is 0 Å². The molecule has 1 saturated carbocycles. The first-order valence-corrected chi connectivity index (χ1v) is 8.37. The van der Waals surface area contributed by atoms with Gasteiger partial charge in [-0.3, -0.25) is 0 Å². The Morgan fingerprint density at radius 3 is 2.90 bits per heavy atom. The standard InChI is InChI=1S/C16H18BrN2O2/c17-11-8-14-13(15(9-11)21-12-4-3-5-12)10-18-19(14)16-6-1-2-7-20-16/h3,8-10,12,16H,1-2,4-7H2. The Kier molecular flexibility index (Phi) is 3.63. The molecule has 0 amide bonds. The van der Waals surface area contributed by atoms with E-state index in [0.717, 1.165) is 53.4 Å². The molecule has 2 aromatic rings. The van der Waals surface area contributed by atoms with Gasteiger partial charge in [0.25, 0.3) is 0 Å².